The van der Waals surface area contributed by atoms with Crippen molar-refractivity contribution in [1.82, 2.24) is 10.2 Å². The number of carbonyl (C=O) groups excluding carboxylic acids is 2. The Bertz CT molecular complexity index is 918. The lowest BCUT2D eigenvalue weighted by Gasteiger charge is -2.29. The highest BCUT2D eigenvalue weighted by Gasteiger charge is 2.26. The molecule has 2 aromatic rings. The maximum absolute atomic E-state index is 13.2. The van der Waals surface area contributed by atoms with Crippen LogP contribution in [-0.4, -0.2) is 35.9 Å². The molecule has 0 radical (unpaired) electrons. The highest BCUT2D eigenvalue weighted by molar-refractivity contribution is 6.42. The summed E-state index contributed by atoms with van der Waals surface area (Å²) in [7, 11) is 0. The second-order valence-corrected chi connectivity index (χ2v) is 8.89. The molecule has 0 aliphatic heterocycles. The Labute approximate surface area is 201 Å². The van der Waals surface area contributed by atoms with Crippen LogP contribution in [0.1, 0.15) is 57.6 Å². The molecule has 0 spiro atoms. The van der Waals surface area contributed by atoms with Crippen LogP contribution in [0.2, 0.25) is 10.0 Å². The van der Waals surface area contributed by atoms with Crippen LogP contribution >= 0.6 is 23.2 Å². The smallest absolute Gasteiger partial charge is 0.261 e. The van der Waals surface area contributed by atoms with E-state index in [0.29, 0.717) is 22.3 Å². The van der Waals surface area contributed by atoms with Crippen LogP contribution in [0, 0.1) is 0 Å². The van der Waals surface area contributed by atoms with Crippen LogP contribution in [0.5, 0.6) is 5.75 Å². The molecule has 1 atom stereocenters. The van der Waals surface area contributed by atoms with Gasteiger partial charge in [0, 0.05) is 13.1 Å². The Kier molecular flexibility index (Phi) is 10.3. The predicted octanol–water partition coefficient (Wildman–Crippen LogP) is 5.83. The summed E-state index contributed by atoms with van der Waals surface area (Å²) >= 11 is 12.2. The lowest BCUT2D eigenvalue weighted by atomic mass is 10.0. The molecule has 0 unspecified atom stereocenters. The van der Waals surface area contributed by atoms with E-state index < -0.39 is 6.04 Å². The topological polar surface area (TPSA) is 58.6 Å². The fourth-order valence-electron chi connectivity index (χ4n) is 3.26. The van der Waals surface area contributed by atoms with E-state index in [2.05, 4.69) is 26.1 Å². The quantitative estimate of drug-likeness (QED) is 0.413. The molecule has 0 fully saturated rings. The Hall–Kier alpha value is -2.24. The predicted molar refractivity (Wildman–Crippen MR) is 130 cm³/mol. The summed E-state index contributed by atoms with van der Waals surface area (Å²) in [5.41, 5.74) is 1.81. The zero-order valence-corrected chi connectivity index (χ0v) is 20.7. The van der Waals surface area contributed by atoms with E-state index in [0.717, 1.165) is 24.0 Å². The maximum Gasteiger partial charge on any atom is 0.261 e. The van der Waals surface area contributed by atoms with Crippen molar-refractivity contribution in [2.24, 2.45) is 0 Å². The molecule has 5 nitrogen and oxygen atoms in total. The van der Waals surface area contributed by atoms with Gasteiger partial charge in [0.05, 0.1) is 10.0 Å². The van der Waals surface area contributed by atoms with E-state index in [-0.39, 0.29) is 30.9 Å². The van der Waals surface area contributed by atoms with Crippen molar-refractivity contribution in [2.75, 3.05) is 13.2 Å². The zero-order chi connectivity index (χ0) is 23.7. The van der Waals surface area contributed by atoms with Crippen molar-refractivity contribution in [3.05, 3.63) is 63.6 Å². The van der Waals surface area contributed by atoms with Crippen molar-refractivity contribution < 1.29 is 14.3 Å². The molecule has 0 saturated heterocycles. The van der Waals surface area contributed by atoms with Gasteiger partial charge in [0.25, 0.3) is 5.91 Å². The average molecular weight is 479 g/mol. The molecule has 0 saturated carbocycles. The number of unbranched alkanes of at least 4 members (excludes halogenated alkanes) is 1. The minimum absolute atomic E-state index is 0.169. The molecule has 0 bridgehead atoms. The van der Waals surface area contributed by atoms with Gasteiger partial charge in [-0.3, -0.25) is 9.59 Å². The molecule has 0 aliphatic carbocycles. The first-order chi connectivity index (χ1) is 15.2. The first-order valence-corrected chi connectivity index (χ1v) is 11.7. The van der Waals surface area contributed by atoms with Gasteiger partial charge in [-0.15, -0.1) is 0 Å². The monoisotopic (exact) mass is 478 g/mol. The molecular formula is C25H32Cl2N2O3. The highest BCUT2D eigenvalue weighted by atomic mass is 35.5. The number of hydrogen-bond acceptors (Lipinski definition) is 3. The van der Waals surface area contributed by atoms with E-state index in [4.69, 9.17) is 27.9 Å². The van der Waals surface area contributed by atoms with Gasteiger partial charge >= 0.3 is 0 Å². The Morgan fingerprint density at radius 3 is 2.44 bits per heavy atom. The summed E-state index contributed by atoms with van der Waals surface area (Å²) in [6.45, 7) is 8.55. The van der Waals surface area contributed by atoms with Crippen LogP contribution in [0.25, 0.3) is 0 Å². The number of hydrogen-bond donors (Lipinski definition) is 1. The first kappa shape index (κ1) is 26.0. The second-order valence-electron chi connectivity index (χ2n) is 8.07. The third-order valence-electron chi connectivity index (χ3n) is 5.23. The maximum atomic E-state index is 13.2. The first-order valence-electron chi connectivity index (χ1n) is 11.0. The SMILES string of the molecule is CCCCNC(=O)[C@@H](C)N(Cc1ccc(Cl)c(Cl)c1)C(=O)COc1ccccc1C(C)C. The van der Waals surface area contributed by atoms with Gasteiger partial charge in [-0.25, -0.2) is 0 Å². The van der Waals surface area contributed by atoms with Gasteiger partial charge in [0.2, 0.25) is 5.91 Å². The third-order valence-corrected chi connectivity index (χ3v) is 5.96. The van der Waals surface area contributed by atoms with E-state index in [9.17, 15) is 9.59 Å². The lowest BCUT2D eigenvalue weighted by molar-refractivity contribution is -0.142. The summed E-state index contributed by atoms with van der Waals surface area (Å²) in [5, 5.41) is 3.74. The molecule has 32 heavy (non-hydrogen) atoms. The van der Waals surface area contributed by atoms with Crippen LogP contribution in [0.3, 0.4) is 0 Å². The molecule has 0 heterocycles. The molecular weight excluding hydrogens is 447 g/mol. The number of benzene rings is 2. The van der Waals surface area contributed by atoms with Crippen LogP contribution in [-0.2, 0) is 16.1 Å². The number of carbonyl (C=O) groups is 2. The fraction of sp³-hybridized carbons (Fsp3) is 0.440. The zero-order valence-electron chi connectivity index (χ0n) is 19.2. The van der Waals surface area contributed by atoms with Gasteiger partial charge in [-0.05, 0) is 48.6 Å². The van der Waals surface area contributed by atoms with E-state index in [1.54, 1.807) is 25.1 Å². The largest absolute Gasteiger partial charge is 0.483 e. The summed E-state index contributed by atoms with van der Waals surface area (Å²) in [5.74, 6) is 0.449. The number of ether oxygens (including phenoxy) is 1. The number of nitrogens with one attached hydrogen (secondary N) is 1. The summed E-state index contributed by atoms with van der Waals surface area (Å²) < 4.78 is 5.88. The van der Waals surface area contributed by atoms with Gasteiger partial charge < -0.3 is 15.0 Å². The van der Waals surface area contributed by atoms with Crippen molar-refractivity contribution in [3.63, 3.8) is 0 Å². The average Bonchev–Trinajstić information content (AvgIpc) is 2.77. The van der Waals surface area contributed by atoms with Crippen molar-refractivity contribution in [3.8, 4) is 5.75 Å². The van der Waals surface area contributed by atoms with Gasteiger partial charge in [-0.2, -0.15) is 0 Å². The minimum atomic E-state index is -0.669. The number of nitrogens with zero attached hydrogens (tertiary/aromatic N) is 1. The summed E-state index contributed by atoms with van der Waals surface area (Å²) in [4.78, 5) is 27.4. The molecule has 7 heteroatoms. The fourth-order valence-corrected chi connectivity index (χ4v) is 3.59. The Balaban J connectivity index is 2.19. The lowest BCUT2D eigenvalue weighted by Crippen LogP contribution is -2.49. The Morgan fingerprint density at radius 2 is 1.78 bits per heavy atom. The van der Waals surface area contributed by atoms with E-state index in [1.165, 1.54) is 4.90 Å². The number of amides is 2. The molecule has 2 rings (SSSR count). The molecule has 0 aliphatic rings. The normalized spacial score (nSPS) is 11.8. The van der Waals surface area contributed by atoms with Crippen LogP contribution in [0.15, 0.2) is 42.5 Å². The Morgan fingerprint density at radius 1 is 1.06 bits per heavy atom. The third kappa shape index (κ3) is 7.42. The van der Waals surface area contributed by atoms with E-state index >= 15 is 0 Å². The molecule has 2 amide bonds. The van der Waals surface area contributed by atoms with Crippen LogP contribution in [0.4, 0.5) is 0 Å². The molecule has 2 aromatic carbocycles. The number of halogens is 2. The minimum Gasteiger partial charge on any atom is -0.483 e. The van der Waals surface area contributed by atoms with Gasteiger partial charge in [-0.1, -0.05) is 74.7 Å². The summed E-state index contributed by atoms with van der Waals surface area (Å²) in [6.07, 6.45) is 1.86. The van der Waals surface area contributed by atoms with Crippen molar-refractivity contribution in [2.45, 2.75) is 59.0 Å². The summed E-state index contributed by atoms with van der Waals surface area (Å²) in [6, 6.07) is 12.2. The number of para-hydroxylation sites is 1. The van der Waals surface area contributed by atoms with Gasteiger partial charge in [0.15, 0.2) is 6.61 Å². The van der Waals surface area contributed by atoms with E-state index in [1.807, 2.05) is 24.3 Å². The van der Waals surface area contributed by atoms with Gasteiger partial charge in [0.1, 0.15) is 11.8 Å². The van der Waals surface area contributed by atoms with Crippen molar-refractivity contribution in [1.29, 1.82) is 0 Å². The molecule has 0 aromatic heterocycles. The highest BCUT2D eigenvalue weighted by Crippen LogP contribution is 2.26. The van der Waals surface area contributed by atoms with Crippen molar-refractivity contribution >= 4 is 35.0 Å². The molecule has 174 valence electrons. The number of rotatable bonds is 11. The second kappa shape index (κ2) is 12.7. The standard InChI is InChI=1S/C25H32Cl2N2O3/c1-5-6-13-28-25(31)18(4)29(15-19-11-12-21(26)22(27)14-19)24(30)16-32-23-10-8-7-9-20(23)17(2)3/h7-12,14,17-18H,5-6,13,15-16H2,1-4H3,(H,28,31)/t18-/m1/s1. The van der Waals surface area contributed by atoms with Crippen LogP contribution < -0.4 is 10.1 Å². The molecule has 1 N–H and O–H groups in total.